The first-order valence-corrected chi connectivity index (χ1v) is 6.73. The smallest absolute Gasteiger partial charge is 0.171 e. The number of aldehydes is 1. The summed E-state index contributed by atoms with van der Waals surface area (Å²) in [6.07, 6.45) is 3.88. The fourth-order valence-corrected chi connectivity index (χ4v) is 2.79. The van der Waals surface area contributed by atoms with Gasteiger partial charge in [-0.3, -0.25) is 9.20 Å². The number of fused-ring (bicyclic) bond motifs is 1. The molecule has 2 aromatic heterocycles. The maximum atomic E-state index is 11.0. The first kappa shape index (κ1) is 12.3. The zero-order valence-corrected chi connectivity index (χ0v) is 11.3. The van der Waals surface area contributed by atoms with E-state index >= 15 is 0 Å². The number of pyridine rings is 1. The molecule has 1 fully saturated rings. The summed E-state index contributed by atoms with van der Waals surface area (Å²) in [6, 6.07) is 4.21. The molecule has 5 heteroatoms. The van der Waals surface area contributed by atoms with E-state index in [1.54, 1.807) is 6.07 Å². The Kier molecular flexibility index (Phi) is 3.06. The van der Waals surface area contributed by atoms with Gasteiger partial charge < -0.3 is 4.90 Å². The van der Waals surface area contributed by atoms with Crippen LogP contribution in [0.4, 0.5) is 0 Å². The summed E-state index contributed by atoms with van der Waals surface area (Å²) in [4.78, 5) is 13.5. The van der Waals surface area contributed by atoms with Crippen LogP contribution in [0.2, 0.25) is 0 Å². The highest BCUT2D eigenvalue weighted by Crippen LogP contribution is 2.27. The molecule has 1 aliphatic heterocycles. The zero-order valence-electron chi connectivity index (χ0n) is 11.3. The molecular weight excluding hydrogens is 240 g/mol. The minimum absolute atomic E-state index is 0.402. The summed E-state index contributed by atoms with van der Waals surface area (Å²) in [5.41, 5.74) is 1.26. The van der Waals surface area contributed by atoms with Crippen molar-refractivity contribution in [1.82, 2.24) is 19.5 Å². The lowest BCUT2D eigenvalue weighted by atomic mass is 10.1. The molecule has 0 N–H and O–H groups in total. The third kappa shape index (κ3) is 2.04. The second kappa shape index (κ2) is 4.74. The Morgan fingerprint density at radius 3 is 2.95 bits per heavy atom. The molecule has 3 rings (SSSR count). The van der Waals surface area contributed by atoms with Gasteiger partial charge in [0.2, 0.25) is 0 Å². The largest absolute Gasteiger partial charge is 0.300 e. The maximum Gasteiger partial charge on any atom is 0.171 e. The normalized spacial score (nSPS) is 20.5. The number of likely N-dealkylation sites (tertiary alicyclic amines) is 1. The summed E-state index contributed by atoms with van der Waals surface area (Å²) in [5.74, 6) is 1.38. The van der Waals surface area contributed by atoms with Gasteiger partial charge in [0.05, 0.1) is 5.56 Å². The molecule has 1 unspecified atom stereocenters. The quantitative estimate of drug-likeness (QED) is 0.787. The molecule has 3 heterocycles. The minimum atomic E-state index is 0.402. The van der Waals surface area contributed by atoms with E-state index in [1.165, 1.54) is 0 Å². The number of carbonyl (C=O) groups excluding carboxylic acids is 1. The van der Waals surface area contributed by atoms with Crippen molar-refractivity contribution >= 4 is 11.9 Å². The van der Waals surface area contributed by atoms with Crippen LogP contribution in [0.25, 0.3) is 5.65 Å². The van der Waals surface area contributed by atoms with Gasteiger partial charge in [0, 0.05) is 24.7 Å². The van der Waals surface area contributed by atoms with Gasteiger partial charge in [0.15, 0.2) is 11.9 Å². The van der Waals surface area contributed by atoms with E-state index in [9.17, 15) is 4.79 Å². The molecule has 1 atom stereocenters. The number of carbonyl (C=O) groups is 1. The van der Waals surface area contributed by atoms with E-state index in [2.05, 4.69) is 28.9 Å². The Morgan fingerprint density at radius 1 is 1.42 bits per heavy atom. The number of hydrogen-bond donors (Lipinski definition) is 0. The van der Waals surface area contributed by atoms with Crippen LogP contribution in [0.5, 0.6) is 0 Å². The Hall–Kier alpha value is -1.75. The summed E-state index contributed by atoms with van der Waals surface area (Å²) in [7, 11) is 0. The van der Waals surface area contributed by atoms with Gasteiger partial charge in [-0.25, -0.2) is 0 Å². The molecule has 0 bridgehead atoms. The van der Waals surface area contributed by atoms with Gasteiger partial charge in [0.25, 0.3) is 0 Å². The van der Waals surface area contributed by atoms with Crippen molar-refractivity contribution in [3.05, 3.63) is 29.7 Å². The molecule has 1 aliphatic rings. The lowest BCUT2D eigenvalue weighted by Gasteiger charge is -2.19. The minimum Gasteiger partial charge on any atom is -0.300 e. The van der Waals surface area contributed by atoms with E-state index in [1.807, 2.05) is 16.7 Å². The van der Waals surface area contributed by atoms with Gasteiger partial charge in [0.1, 0.15) is 5.82 Å². The van der Waals surface area contributed by atoms with Crippen LogP contribution in [-0.2, 0) is 0 Å². The Morgan fingerprint density at radius 2 is 2.26 bits per heavy atom. The SMILES string of the molecule is CC(C)N1CCC(c2nnc3c(C=O)cccn23)C1. The molecule has 19 heavy (non-hydrogen) atoms. The molecule has 2 aromatic rings. The maximum absolute atomic E-state index is 11.0. The number of nitrogens with zero attached hydrogens (tertiary/aromatic N) is 4. The Bertz CT molecular complexity index is 605. The van der Waals surface area contributed by atoms with Crippen molar-refractivity contribution in [2.75, 3.05) is 13.1 Å². The summed E-state index contributed by atoms with van der Waals surface area (Å²) >= 11 is 0. The molecular formula is C14H18N4O. The molecule has 0 aromatic carbocycles. The van der Waals surface area contributed by atoms with Gasteiger partial charge in [-0.1, -0.05) is 0 Å². The van der Waals surface area contributed by atoms with Crippen molar-refractivity contribution in [3.8, 4) is 0 Å². The number of aromatic nitrogens is 3. The molecule has 0 aliphatic carbocycles. The first-order chi connectivity index (χ1) is 9.20. The van der Waals surface area contributed by atoms with Gasteiger partial charge in [-0.15, -0.1) is 10.2 Å². The predicted molar refractivity (Wildman–Crippen MR) is 72.4 cm³/mol. The molecule has 1 saturated heterocycles. The third-order valence-corrected chi connectivity index (χ3v) is 3.93. The van der Waals surface area contributed by atoms with Crippen LogP contribution in [0, 0.1) is 0 Å². The monoisotopic (exact) mass is 258 g/mol. The first-order valence-electron chi connectivity index (χ1n) is 6.73. The molecule has 5 nitrogen and oxygen atoms in total. The van der Waals surface area contributed by atoms with Crippen molar-refractivity contribution in [2.45, 2.75) is 32.2 Å². The van der Waals surface area contributed by atoms with Crippen molar-refractivity contribution < 1.29 is 4.79 Å². The van der Waals surface area contributed by atoms with E-state index in [0.29, 0.717) is 23.2 Å². The lowest BCUT2D eigenvalue weighted by molar-refractivity contribution is 0.112. The highest BCUT2D eigenvalue weighted by atomic mass is 16.1. The fourth-order valence-electron chi connectivity index (χ4n) is 2.79. The van der Waals surface area contributed by atoms with E-state index < -0.39 is 0 Å². The average molecular weight is 258 g/mol. The van der Waals surface area contributed by atoms with Gasteiger partial charge in [-0.05, 0) is 38.9 Å². The molecule has 0 spiro atoms. The molecule has 0 amide bonds. The van der Waals surface area contributed by atoms with Crippen molar-refractivity contribution in [2.24, 2.45) is 0 Å². The van der Waals surface area contributed by atoms with Crippen LogP contribution in [0.15, 0.2) is 18.3 Å². The summed E-state index contributed by atoms with van der Waals surface area (Å²) < 4.78 is 1.96. The Labute approximate surface area is 112 Å². The van der Waals surface area contributed by atoms with Crippen molar-refractivity contribution in [1.29, 1.82) is 0 Å². The highest BCUT2D eigenvalue weighted by molar-refractivity contribution is 5.83. The van der Waals surface area contributed by atoms with Crippen LogP contribution in [0.3, 0.4) is 0 Å². The molecule has 0 radical (unpaired) electrons. The van der Waals surface area contributed by atoms with E-state index in [4.69, 9.17) is 0 Å². The predicted octanol–water partition coefficient (Wildman–Crippen LogP) is 1.74. The van der Waals surface area contributed by atoms with Gasteiger partial charge in [-0.2, -0.15) is 0 Å². The third-order valence-electron chi connectivity index (χ3n) is 3.93. The Balaban J connectivity index is 1.96. The zero-order chi connectivity index (χ0) is 13.4. The van der Waals surface area contributed by atoms with E-state index in [-0.39, 0.29) is 0 Å². The highest BCUT2D eigenvalue weighted by Gasteiger charge is 2.28. The van der Waals surface area contributed by atoms with Crippen LogP contribution >= 0.6 is 0 Å². The molecule has 0 saturated carbocycles. The van der Waals surface area contributed by atoms with Crippen LogP contribution in [0.1, 0.15) is 42.4 Å². The summed E-state index contributed by atoms with van der Waals surface area (Å²) in [6.45, 7) is 6.55. The standard InChI is InChI=1S/C14H18N4O/c1-10(2)17-7-5-11(8-17)13-15-16-14-12(9-19)4-3-6-18(13)14/h3-4,6,9-11H,5,7-8H2,1-2H3. The molecule has 100 valence electrons. The van der Waals surface area contributed by atoms with Crippen LogP contribution in [-0.4, -0.2) is 44.9 Å². The van der Waals surface area contributed by atoms with E-state index in [0.717, 1.165) is 31.6 Å². The van der Waals surface area contributed by atoms with Crippen molar-refractivity contribution in [3.63, 3.8) is 0 Å². The van der Waals surface area contributed by atoms with Crippen LogP contribution < -0.4 is 0 Å². The lowest BCUT2D eigenvalue weighted by Crippen LogP contribution is -2.28. The number of rotatable bonds is 3. The fraction of sp³-hybridized carbons (Fsp3) is 0.500. The average Bonchev–Trinajstić information content (AvgIpc) is 3.04. The second-order valence-corrected chi connectivity index (χ2v) is 5.41. The number of hydrogen-bond acceptors (Lipinski definition) is 4. The second-order valence-electron chi connectivity index (χ2n) is 5.41. The van der Waals surface area contributed by atoms with Gasteiger partial charge >= 0.3 is 0 Å². The summed E-state index contributed by atoms with van der Waals surface area (Å²) in [5, 5.41) is 8.47. The topological polar surface area (TPSA) is 50.5 Å².